The summed E-state index contributed by atoms with van der Waals surface area (Å²) in [5, 5.41) is 0. The van der Waals surface area contributed by atoms with Crippen LogP contribution in [0.5, 0.6) is 0 Å². The molecule has 0 aliphatic heterocycles. The number of hydrogen-bond donors (Lipinski definition) is 0. The zero-order valence-electron chi connectivity index (χ0n) is 9.69. The van der Waals surface area contributed by atoms with Crippen LogP contribution >= 0.6 is 22.9 Å². The Morgan fingerprint density at radius 3 is 2.44 bits per heavy atom. The average molecular weight is 284 g/mol. The van der Waals surface area contributed by atoms with E-state index in [-0.39, 0.29) is 11.7 Å². The first kappa shape index (κ1) is 13.1. The molecule has 2 nitrogen and oxygen atoms in total. The van der Waals surface area contributed by atoms with Gasteiger partial charge in [0.05, 0.1) is 9.21 Å². The largest absolute Gasteiger partial charge is 0.308 e. The predicted octanol–water partition coefficient (Wildman–Crippen LogP) is 4.21. The number of hydrogen-bond acceptors (Lipinski definition) is 2. The molecular weight excluding hydrogens is 273 g/mol. The van der Waals surface area contributed by atoms with Crippen LogP contribution in [0.15, 0.2) is 36.4 Å². The highest BCUT2D eigenvalue weighted by molar-refractivity contribution is 7.18. The van der Waals surface area contributed by atoms with Crippen molar-refractivity contribution in [3.63, 3.8) is 0 Å². The molecule has 5 heteroatoms. The molecule has 0 radical (unpaired) electrons. The smallest absolute Gasteiger partial charge is 0.268 e. The van der Waals surface area contributed by atoms with Crippen LogP contribution in [-0.4, -0.2) is 12.5 Å². The van der Waals surface area contributed by atoms with Gasteiger partial charge in [-0.05, 0) is 43.3 Å². The third kappa shape index (κ3) is 2.71. The highest BCUT2D eigenvalue weighted by atomic mass is 35.5. The van der Waals surface area contributed by atoms with Gasteiger partial charge in [-0.2, -0.15) is 0 Å². The number of thiophene rings is 1. The minimum atomic E-state index is -0.318. The molecule has 0 aliphatic rings. The first-order chi connectivity index (χ1) is 8.61. The minimum absolute atomic E-state index is 0.124. The fraction of sp³-hybridized carbons (Fsp3) is 0.154. The molecule has 2 rings (SSSR count). The molecule has 0 spiro atoms. The molecular formula is C13H11ClFNOS. The molecule has 1 heterocycles. The SMILES string of the molecule is CCN(C(=O)c1ccc(Cl)s1)c1ccc(F)cc1. The van der Waals surface area contributed by atoms with Gasteiger partial charge in [0.25, 0.3) is 5.91 Å². The molecule has 0 unspecified atom stereocenters. The molecule has 0 saturated heterocycles. The number of rotatable bonds is 3. The van der Waals surface area contributed by atoms with Gasteiger partial charge in [0.2, 0.25) is 0 Å². The van der Waals surface area contributed by atoms with Crippen molar-refractivity contribution in [2.24, 2.45) is 0 Å². The van der Waals surface area contributed by atoms with Crippen LogP contribution < -0.4 is 4.90 Å². The van der Waals surface area contributed by atoms with E-state index in [0.717, 1.165) is 0 Å². The number of benzene rings is 1. The Morgan fingerprint density at radius 1 is 1.28 bits per heavy atom. The fourth-order valence-electron chi connectivity index (χ4n) is 1.63. The van der Waals surface area contributed by atoms with E-state index >= 15 is 0 Å². The van der Waals surface area contributed by atoms with Crippen LogP contribution in [0.1, 0.15) is 16.6 Å². The Bertz CT molecular complexity index is 552. The molecule has 1 aromatic heterocycles. The average Bonchev–Trinajstić information content (AvgIpc) is 2.79. The molecule has 0 N–H and O–H groups in total. The van der Waals surface area contributed by atoms with Gasteiger partial charge in [0.1, 0.15) is 5.82 Å². The summed E-state index contributed by atoms with van der Waals surface area (Å²) in [6.07, 6.45) is 0. The molecule has 0 fully saturated rings. The lowest BCUT2D eigenvalue weighted by molar-refractivity contribution is 0.0992. The van der Waals surface area contributed by atoms with Crippen LogP contribution in [0.3, 0.4) is 0 Å². The summed E-state index contributed by atoms with van der Waals surface area (Å²) in [7, 11) is 0. The molecule has 18 heavy (non-hydrogen) atoms. The molecule has 0 atom stereocenters. The van der Waals surface area contributed by atoms with Crippen molar-refractivity contribution in [1.29, 1.82) is 0 Å². The van der Waals surface area contributed by atoms with Crippen molar-refractivity contribution >= 4 is 34.5 Å². The maximum atomic E-state index is 12.9. The van der Waals surface area contributed by atoms with Crippen molar-refractivity contribution in [3.05, 3.63) is 51.4 Å². The second kappa shape index (κ2) is 5.50. The molecule has 1 amide bonds. The van der Waals surface area contributed by atoms with E-state index in [1.54, 1.807) is 29.2 Å². The number of carbonyl (C=O) groups excluding carboxylic acids is 1. The quantitative estimate of drug-likeness (QED) is 0.826. The monoisotopic (exact) mass is 283 g/mol. The Kier molecular flexibility index (Phi) is 3.99. The summed E-state index contributed by atoms with van der Waals surface area (Å²) in [4.78, 5) is 14.4. The van der Waals surface area contributed by atoms with Gasteiger partial charge < -0.3 is 4.90 Å². The number of amides is 1. The maximum Gasteiger partial charge on any atom is 0.268 e. The molecule has 2 aromatic rings. The second-order valence-electron chi connectivity index (χ2n) is 3.63. The molecule has 94 valence electrons. The lowest BCUT2D eigenvalue weighted by Crippen LogP contribution is -2.29. The van der Waals surface area contributed by atoms with Crippen molar-refractivity contribution in [1.82, 2.24) is 0 Å². The van der Waals surface area contributed by atoms with Gasteiger partial charge >= 0.3 is 0 Å². The van der Waals surface area contributed by atoms with Crippen molar-refractivity contribution in [2.75, 3.05) is 11.4 Å². The van der Waals surface area contributed by atoms with Crippen LogP contribution in [0.2, 0.25) is 4.34 Å². The minimum Gasteiger partial charge on any atom is -0.308 e. The summed E-state index contributed by atoms with van der Waals surface area (Å²) in [5.41, 5.74) is 0.674. The highest BCUT2D eigenvalue weighted by Crippen LogP contribution is 2.25. The summed E-state index contributed by atoms with van der Waals surface area (Å²) in [5.74, 6) is -0.442. The number of anilines is 1. The Hall–Kier alpha value is -1.39. The van der Waals surface area contributed by atoms with E-state index in [4.69, 9.17) is 11.6 Å². The van der Waals surface area contributed by atoms with E-state index in [2.05, 4.69) is 0 Å². The first-order valence-corrected chi connectivity index (χ1v) is 6.64. The van der Waals surface area contributed by atoms with Crippen molar-refractivity contribution < 1.29 is 9.18 Å². The number of halogens is 2. The van der Waals surface area contributed by atoms with E-state index in [1.165, 1.54) is 23.5 Å². The third-order valence-corrected chi connectivity index (χ3v) is 3.70. The zero-order valence-corrected chi connectivity index (χ0v) is 11.3. The van der Waals surface area contributed by atoms with E-state index in [1.807, 2.05) is 6.92 Å². The fourth-order valence-corrected chi connectivity index (χ4v) is 2.62. The van der Waals surface area contributed by atoms with Gasteiger partial charge in [0.15, 0.2) is 0 Å². The lowest BCUT2D eigenvalue weighted by atomic mass is 10.2. The lowest BCUT2D eigenvalue weighted by Gasteiger charge is -2.20. The Morgan fingerprint density at radius 2 is 1.94 bits per heavy atom. The second-order valence-corrected chi connectivity index (χ2v) is 5.34. The van der Waals surface area contributed by atoms with Crippen molar-refractivity contribution in [2.45, 2.75) is 6.92 Å². The van der Waals surface area contributed by atoms with Gasteiger partial charge in [-0.1, -0.05) is 11.6 Å². The van der Waals surface area contributed by atoms with Crippen LogP contribution in [0.25, 0.3) is 0 Å². The molecule has 0 saturated carbocycles. The van der Waals surface area contributed by atoms with Gasteiger partial charge in [-0.3, -0.25) is 4.79 Å². The summed E-state index contributed by atoms with van der Waals surface area (Å²) < 4.78 is 13.4. The van der Waals surface area contributed by atoms with Crippen LogP contribution in [0.4, 0.5) is 10.1 Å². The van der Waals surface area contributed by atoms with Gasteiger partial charge in [0, 0.05) is 12.2 Å². The van der Waals surface area contributed by atoms with Crippen LogP contribution in [0, 0.1) is 5.82 Å². The van der Waals surface area contributed by atoms with E-state index in [0.29, 0.717) is 21.4 Å². The summed E-state index contributed by atoms with van der Waals surface area (Å²) >= 11 is 7.05. The van der Waals surface area contributed by atoms with E-state index in [9.17, 15) is 9.18 Å². The highest BCUT2D eigenvalue weighted by Gasteiger charge is 2.17. The Labute approximate surface area is 114 Å². The molecule has 0 aliphatic carbocycles. The molecule has 1 aromatic carbocycles. The maximum absolute atomic E-state index is 12.9. The summed E-state index contributed by atoms with van der Waals surface area (Å²) in [6, 6.07) is 9.25. The standard InChI is InChI=1S/C13H11ClFNOS/c1-2-16(10-5-3-9(15)4-6-10)13(17)11-7-8-12(14)18-11/h3-8H,2H2,1H3. The first-order valence-electron chi connectivity index (χ1n) is 5.44. The van der Waals surface area contributed by atoms with Crippen molar-refractivity contribution in [3.8, 4) is 0 Å². The summed E-state index contributed by atoms with van der Waals surface area (Å²) in [6.45, 7) is 2.39. The number of carbonyl (C=O) groups is 1. The van der Waals surface area contributed by atoms with Gasteiger partial charge in [-0.25, -0.2) is 4.39 Å². The van der Waals surface area contributed by atoms with Gasteiger partial charge in [-0.15, -0.1) is 11.3 Å². The third-order valence-electron chi connectivity index (χ3n) is 2.48. The Balaban J connectivity index is 2.28. The normalized spacial score (nSPS) is 10.4. The zero-order chi connectivity index (χ0) is 13.1. The van der Waals surface area contributed by atoms with E-state index < -0.39 is 0 Å². The number of nitrogens with zero attached hydrogens (tertiary/aromatic N) is 1. The topological polar surface area (TPSA) is 20.3 Å². The van der Waals surface area contributed by atoms with Crippen LogP contribution in [-0.2, 0) is 0 Å². The molecule has 0 bridgehead atoms. The predicted molar refractivity (Wildman–Crippen MR) is 73.1 cm³/mol.